The first-order valence-electron chi connectivity index (χ1n) is 12.3. The molecular weight excluding hydrogens is 444 g/mol. The number of hydrogen-bond donors (Lipinski definition) is 2. The number of carbonyl (C=O) groups excluding carboxylic acids is 3. The summed E-state index contributed by atoms with van der Waals surface area (Å²) in [4.78, 5) is 48.3. The molecule has 3 N–H and O–H groups in total. The molecule has 0 saturated carbocycles. The predicted molar refractivity (Wildman–Crippen MR) is 135 cm³/mol. The first kappa shape index (κ1) is 24.5. The van der Waals surface area contributed by atoms with Gasteiger partial charge in [-0.1, -0.05) is 26.0 Å². The lowest BCUT2D eigenvalue weighted by molar-refractivity contribution is 0.0624. The van der Waals surface area contributed by atoms with Crippen molar-refractivity contribution in [2.24, 2.45) is 17.6 Å². The molecule has 4 rings (SSSR count). The van der Waals surface area contributed by atoms with Gasteiger partial charge in [-0.25, -0.2) is 9.78 Å². The summed E-state index contributed by atoms with van der Waals surface area (Å²) < 4.78 is 0. The third-order valence-electron chi connectivity index (χ3n) is 6.69. The van der Waals surface area contributed by atoms with Crippen molar-refractivity contribution in [3.05, 3.63) is 53.7 Å². The number of urea groups is 1. The van der Waals surface area contributed by atoms with Gasteiger partial charge in [-0.3, -0.25) is 9.59 Å². The van der Waals surface area contributed by atoms with Crippen LogP contribution in [0.4, 0.5) is 16.3 Å². The van der Waals surface area contributed by atoms with Crippen LogP contribution in [0.3, 0.4) is 0 Å². The quantitative estimate of drug-likeness (QED) is 0.702. The molecule has 2 aromatic rings. The number of nitrogens with zero attached hydrogens (tertiary/aromatic N) is 4. The van der Waals surface area contributed by atoms with Crippen molar-refractivity contribution in [2.75, 3.05) is 49.5 Å². The lowest BCUT2D eigenvalue weighted by atomic mass is 9.91. The van der Waals surface area contributed by atoms with E-state index in [4.69, 9.17) is 5.73 Å². The number of nitrogens with one attached hydrogen (secondary N) is 1. The Morgan fingerprint density at radius 1 is 0.914 bits per heavy atom. The maximum Gasteiger partial charge on any atom is 0.321 e. The van der Waals surface area contributed by atoms with E-state index in [1.165, 1.54) is 0 Å². The molecule has 1 aromatic heterocycles. The van der Waals surface area contributed by atoms with E-state index < -0.39 is 5.91 Å². The van der Waals surface area contributed by atoms with Crippen LogP contribution in [-0.4, -0.2) is 71.9 Å². The Bertz CT molecular complexity index is 1080. The van der Waals surface area contributed by atoms with Crippen LogP contribution in [0.1, 0.15) is 47.4 Å². The molecular formula is C26H34N6O3. The number of primary amides is 1. The van der Waals surface area contributed by atoms with Gasteiger partial charge in [0.05, 0.1) is 16.8 Å². The Kier molecular flexibility index (Phi) is 7.53. The molecule has 4 amide bonds. The fraction of sp³-hybridized carbons (Fsp3) is 0.462. The predicted octanol–water partition coefficient (Wildman–Crippen LogP) is 3.04. The Hall–Kier alpha value is -3.62. The van der Waals surface area contributed by atoms with Gasteiger partial charge in [-0.05, 0) is 48.9 Å². The molecule has 2 aliphatic heterocycles. The molecule has 0 radical (unpaired) electrons. The number of likely N-dealkylation sites (tertiary alicyclic amines) is 1. The number of nitrogens with two attached hydrogens (primary N) is 1. The summed E-state index contributed by atoms with van der Waals surface area (Å²) in [5.41, 5.74) is 6.93. The van der Waals surface area contributed by atoms with Crippen molar-refractivity contribution in [3.63, 3.8) is 0 Å². The minimum absolute atomic E-state index is 0.0459. The van der Waals surface area contributed by atoms with Crippen LogP contribution in [0.25, 0.3) is 0 Å². The molecule has 0 bridgehead atoms. The second-order valence-electron chi connectivity index (χ2n) is 9.70. The van der Waals surface area contributed by atoms with E-state index in [1.807, 2.05) is 21.9 Å². The van der Waals surface area contributed by atoms with E-state index in [0.29, 0.717) is 67.1 Å². The first-order chi connectivity index (χ1) is 16.8. The van der Waals surface area contributed by atoms with Gasteiger partial charge in [-0.2, -0.15) is 0 Å². The molecule has 35 heavy (non-hydrogen) atoms. The van der Waals surface area contributed by atoms with Crippen molar-refractivity contribution in [2.45, 2.75) is 26.7 Å². The van der Waals surface area contributed by atoms with Gasteiger partial charge in [0.2, 0.25) is 0 Å². The largest absolute Gasteiger partial charge is 0.365 e. The van der Waals surface area contributed by atoms with E-state index in [9.17, 15) is 14.4 Å². The summed E-state index contributed by atoms with van der Waals surface area (Å²) in [7, 11) is 0. The average Bonchev–Trinajstić information content (AvgIpc) is 3.10. The number of carbonyl (C=O) groups is 3. The highest BCUT2D eigenvalue weighted by Crippen LogP contribution is 2.25. The highest BCUT2D eigenvalue weighted by molar-refractivity contribution is 6.03. The minimum Gasteiger partial charge on any atom is -0.365 e. The second-order valence-corrected chi connectivity index (χ2v) is 9.70. The van der Waals surface area contributed by atoms with Crippen LogP contribution >= 0.6 is 0 Å². The first-order valence-corrected chi connectivity index (χ1v) is 12.3. The van der Waals surface area contributed by atoms with Crippen LogP contribution < -0.4 is 16.0 Å². The Morgan fingerprint density at radius 3 is 2.37 bits per heavy atom. The summed E-state index contributed by atoms with van der Waals surface area (Å²) >= 11 is 0. The molecule has 186 valence electrons. The normalized spacial score (nSPS) is 20.8. The SMILES string of the molecule is CC1CC(C)CN(C(=O)c2ccccc2NC(=O)N2CCCN(c3ncccc3C(N)=O)CC2)C1. The van der Waals surface area contributed by atoms with Gasteiger partial charge in [0.15, 0.2) is 0 Å². The van der Waals surface area contributed by atoms with Crippen LogP contribution in [0, 0.1) is 11.8 Å². The van der Waals surface area contributed by atoms with E-state index in [0.717, 1.165) is 19.5 Å². The van der Waals surface area contributed by atoms with Crippen LogP contribution in [0.15, 0.2) is 42.6 Å². The minimum atomic E-state index is -0.522. The summed E-state index contributed by atoms with van der Waals surface area (Å²) in [6.07, 6.45) is 3.47. The van der Waals surface area contributed by atoms with Crippen molar-refractivity contribution in [1.82, 2.24) is 14.8 Å². The van der Waals surface area contributed by atoms with E-state index in [2.05, 4.69) is 24.1 Å². The van der Waals surface area contributed by atoms with Gasteiger partial charge in [-0.15, -0.1) is 0 Å². The maximum absolute atomic E-state index is 13.3. The molecule has 9 nitrogen and oxygen atoms in total. The third kappa shape index (κ3) is 5.72. The number of piperidine rings is 1. The fourth-order valence-electron chi connectivity index (χ4n) is 5.15. The number of para-hydroxylation sites is 1. The number of benzene rings is 1. The molecule has 0 aliphatic carbocycles. The maximum atomic E-state index is 13.3. The van der Waals surface area contributed by atoms with E-state index in [-0.39, 0.29) is 11.9 Å². The topological polar surface area (TPSA) is 112 Å². The highest BCUT2D eigenvalue weighted by Gasteiger charge is 2.28. The zero-order valence-electron chi connectivity index (χ0n) is 20.4. The summed E-state index contributed by atoms with van der Waals surface area (Å²) in [6, 6.07) is 10.3. The van der Waals surface area contributed by atoms with Gasteiger partial charge in [0.1, 0.15) is 5.82 Å². The Labute approximate surface area is 206 Å². The van der Waals surface area contributed by atoms with Gasteiger partial charge in [0.25, 0.3) is 11.8 Å². The lowest BCUT2D eigenvalue weighted by Gasteiger charge is -2.35. The van der Waals surface area contributed by atoms with Crippen LogP contribution in [-0.2, 0) is 0 Å². The standard InChI is InChI=1S/C26H34N6O3/c1-18-15-19(2)17-32(16-18)25(34)20-7-3-4-9-22(20)29-26(35)31-12-6-11-30(13-14-31)24-21(23(27)33)8-5-10-28-24/h3-5,7-10,18-19H,6,11-17H2,1-2H3,(H2,27,33)(H,29,35). The van der Waals surface area contributed by atoms with Crippen molar-refractivity contribution in [3.8, 4) is 0 Å². The number of pyridine rings is 1. The van der Waals surface area contributed by atoms with Gasteiger partial charge in [0, 0.05) is 45.5 Å². The highest BCUT2D eigenvalue weighted by atomic mass is 16.2. The van der Waals surface area contributed by atoms with Crippen LogP contribution in [0.5, 0.6) is 0 Å². The van der Waals surface area contributed by atoms with Gasteiger partial charge >= 0.3 is 6.03 Å². The molecule has 2 unspecified atom stereocenters. The summed E-state index contributed by atoms with van der Waals surface area (Å²) in [6.45, 7) is 7.99. The van der Waals surface area contributed by atoms with E-state index >= 15 is 0 Å². The molecule has 2 aliphatic rings. The summed E-state index contributed by atoms with van der Waals surface area (Å²) in [5.74, 6) is 0.891. The average molecular weight is 479 g/mol. The smallest absolute Gasteiger partial charge is 0.321 e. The third-order valence-corrected chi connectivity index (χ3v) is 6.69. The zero-order valence-corrected chi connectivity index (χ0v) is 20.4. The van der Waals surface area contributed by atoms with Crippen LogP contribution in [0.2, 0.25) is 0 Å². The van der Waals surface area contributed by atoms with Crippen molar-refractivity contribution >= 4 is 29.4 Å². The molecule has 1 aromatic carbocycles. The van der Waals surface area contributed by atoms with Crippen molar-refractivity contribution in [1.29, 1.82) is 0 Å². The number of rotatable bonds is 4. The summed E-state index contributed by atoms with van der Waals surface area (Å²) in [5, 5.41) is 2.97. The number of aromatic nitrogens is 1. The monoisotopic (exact) mass is 478 g/mol. The molecule has 2 fully saturated rings. The number of amides is 4. The number of hydrogen-bond acceptors (Lipinski definition) is 5. The second kappa shape index (κ2) is 10.8. The molecule has 2 saturated heterocycles. The molecule has 0 spiro atoms. The molecule has 3 heterocycles. The fourth-order valence-corrected chi connectivity index (χ4v) is 5.15. The zero-order chi connectivity index (χ0) is 24.9. The van der Waals surface area contributed by atoms with E-state index in [1.54, 1.807) is 35.4 Å². The lowest BCUT2D eigenvalue weighted by Crippen LogP contribution is -2.43. The number of anilines is 2. The Balaban J connectivity index is 1.44. The Morgan fingerprint density at radius 2 is 1.63 bits per heavy atom. The molecule has 2 atom stereocenters. The molecule has 9 heteroatoms. The van der Waals surface area contributed by atoms with Gasteiger partial charge < -0.3 is 25.8 Å². The van der Waals surface area contributed by atoms with Crippen molar-refractivity contribution < 1.29 is 14.4 Å².